The molecule has 0 fully saturated rings. The van der Waals surface area contributed by atoms with E-state index in [4.69, 9.17) is 0 Å². The van der Waals surface area contributed by atoms with Gasteiger partial charge < -0.3 is 5.32 Å². The Labute approximate surface area is 102 Å². The van der Waals surface area contributed by atoms with Gasteiger partial charge in [-0.05, 0) is 32.4 Å². The maximum absolute atomic E-state index is 4.57. The molecule has 90 valence electrons. The number of imidazole rings is 1. The van der Waals surface area contributed by atoms with Crippen LogP contribution in [-0.2, 0) is 0 Å². The maximum atomic E-state index is 4.57. The Hall–Kier alpha value is -1.84. The Morgan fingerprint density at radius 1 is 1.29 bits per heavy atom. The Balaban J connectivity index is 2.30. The summed E-state index contributed by atoms with van der Waals surface area (Å²) in [6.07, 6.45) is 2.91. The lowest BCUT2D eigenvalue weighted by atomic mass is 10.3. The SMILES string of the molecule is CCCNc1cccc(-n2cnc(C)c2C)n1. The highest BCUT2D eigenvalue weighted by Crippen LogP contribution is 2.13. The summed E-state index contributed by atoms with van der Waals surface area (Å²) in [4.78, 5) is 8.85. The lowest BCUT2D eigenvalue weighted by molar-refractivity contribution is 0.932. The quantitative estimate of drug-likeness (QED) is 0.878. The number of nitrogens with one attached hydrogen (secondary N) is 1. The van der Waals surface area contributed by atoms with Crippen molar-refractivity contribution in [2.45, 2.75) is 27.2 Å². The minimum Gasteiger partial charge on any atom is -0.370 e. The number of aryl methyl sites for hydroxylation is 1. The number of aromatic nitrogens is 3. The molecule has 17 heavy (non-hydrogen) atoms. The standard InChI is InChI=1S/C13H18N4/c1-4-8-14-12-6-5-7-13(16-12)17-9-15-10(2)11(17)3/h5-7,9H,4,8H2,1-3H3,(H,14,16). The molecule has 2 rings (SSSR count). The molecule has 0 atom stereocenters. The molecular formula is C13H18N4. The molecule has 1 N–H and O–H groups in total. The van der Waals surface area contributed by atoms with Crippen molar-refractivity contribution in [1.82, 2.24) is 14.5 Å². The zero-order valence-electron chi connectivity index (χ0n) is 10.6. The Morgan fingerprint density at radius 3 is 2.76 bits per heavy atom. The largest absolute Gasteiger partial charge is 0.370 e. The number of anilines is 1. The molecule has 0 aliphatic carbocycles. The first-order chi connectivity index (χ1) is 8.22. The molecular weight excluding hydrogens is 212 g/mol. The summed E-state index contributed by atoms with van der Waals surface area (Å²) < 4.78 is 2.01. The first kappa shape index (κ1) is 11.6. The van der Waals surface area contributed by atoms with Crippen LogP contribution in [0.3, 0.4) is 0 Å². The normalized spacial score (nSPS) is 10.5. The molecule has 0 aliphatic heterocycles. The average molecular weight is 230 g/mol. The molecule has 0 radical (unpaired) electrons. The van der Waals surface area contributed by atoms with Crippen molar-refractivity contribution in [2.75, 3.05) is 11.9 Å². The first-order valence-electron chi connectivity index (χ1n) is 5.94. The lowest BCUT2D eigenvalue weighted by Gasteiger charge is -2.08. The van der Waals surface area contributed by atoms with E-state index in [1.807, 2.05) is 36.0 Å². The van der Waals surface area contributed by atoms with Crippen molar-refractivity contribution in [3.05, 3.63) is 35.9 Å². The van der Waals surface area contributed by atoms with E-state index in [0.717, 1.165) is 36.0 Å². The maximum Gasteiger partial charge on any atom is 0.140 e. The van der Waals surface area contributed by atoms with Crippen LogP contribution in [0.4, 0.5) is 5.82 Å². The van der Waals surface area contributed by atoms with Crippen molar-refractivity contribution in [2.24, 2.45) is 0 Å². The molecule has 2 aromatic rings. The van der Waals surface area contributed by atoms with Crippen molar-refractivity contribution in [1.29, 1.82) is 0 Å². The van der Waals surface area contributed by atoms with Gasteiger partial charge in [-0.25, -0.2) is 9.97 Å². The van der Waals surface area contributed by atoms with Crippen LogP contribution in [0.5, 0.6) is 0 Å². The topological polar surface area (TPSA) is 42.7 Å². The Bertz CT molecular complexity index is 502. The van der Waals surface area contributed by atoms with Crippen LogP contribution in [0.25, 0.3) is 5.82 Å². The molecule has 4 heteroatoms. The zero-order chi connectivity index (χ0) is 12.3. The van der Waals surface area contributed by atoms with Gasteiger partial charge in [0.2, 0.25) is 0 Å². The van der Waals surface area contributed by atoms with E-state index in [1.165, 1.54) is 0 Å². The number of hydrogen-bond donors (Lipinski definition) is 1. The van der Waals surface area contributed by atoms with Crippen LogP contribution in [0.2, 0.25) is 0 Å². The van der Waals surface area contributed by atoms with Gasteiger partial charge >= 0.3 is 0 Å². The fraction of sp³-hybridized carbons (Fsp3) is 0.385. The molecule has 2 aromatic heterocycles. The fourth-order valence-corrected chi connectivity index (χ4v) is 1.64. The predicted octanol–water partition coefficient (Wildman–Crippen LogP) is 2.71. The van der Waals surface area contributed by atoms with E-state index >= 15 is 0 Å². The van der Waals surface area contributed by atoms with Crippen LogP contribution in [0.15, 0.2) is 24.5 Å². The number of rotatable bonds is 4. The summed E-state index contributed by atoms with van der Waals surface area (Å²) >= 11 is 0. The van der Waals surface area contributed by atoms with Crippen molar-refractivity contribution in [3.63, 3.8) is 0 Å². The Morgan fingerprint density at radius 2 is 2.12 bits per heavy atom. The monoisotopic (exact) mass is 230 g/mol. The summed E-state index contributed by atoms with van der Waals surface area (Å²) in [5, 5.41) is 3.29. The third-order valence-electron chi connectivity index (χ3n) is 2.79. The van der Waals surface area contributed by atoms with Crippen LogP contribution in [0, 0.1) is 13.8 Å². The lowest BCUT2D eigenvalue weighted by Crippen LogP contribution is -2.05. The van der Waals surface area contributed by atoms with E-state index in [-0.39, 0.29) is 0 Å². The van der Waals surface area contributed by atoms with E-state index in [2.05, 4.69) is 29.1 Å². The van der Waals surface area contributed by atoms with Crippen LogP contribution in [0.1, 0.15) is 24.7 Å². The number of nitrogens with zero attached hydrogens (tertiary/aromatic N) is 3. The summed E-state index contributed by atoms with van der Waals surface area (Å²) in [5.74, 6) is 1.82. The Kier molecular flexibility index (Phi) is 3.42. The molecule has 0 amide bonds. The second-order valence-corrected chi connectivity index (χ2v) is 4.09. The molecule has 0 spiro atoms. The summed E-state index contributed by atoms with van der Waals surface area (Å²) in [6, 6.07) is 5.98. The van der Waals surface area contributed by atoms with Gasteiger partial charge in [0.25, 0.3) is 0 Å². The molecule has 2 heterocycles. The van der Waals surface area contributed by atoms with E-state index in [9.17, 15) is 0 Å². The fourth-order valence-electron chi connectivity index (χ4n) is 1.64. The summed E-state index contributed by atoms with van der Waals surface area (Å²) in [5.41, 5.74) is 2.17. The van der Waals surface area contributed by atoms with Gasteiger partial charge in [0.1, 0.15) is 18.0 Å². The van der Waals surface area contributed by atoms with E-state index in [0.29, 0.717) is 0 Å². The highest BCUT2D eigenvalue weighted by Gasteiger charge is 2.05. The number of hydrogen-bond acceptors (Lipinski definition) is 3. The molecule has 0 saturated carbocycles. The van der Waals surface area contributed by atoms with Crippen molar-refractivity contribution in [3.8, 4) is 5.82 Å². The molecule has 0 bridgehead atoms. The zero-order valence-corrected chi connectivity index (χ0v) is 10.6. The molecule has 0 unspecified atom stereocenters. The minimum atomic E-state index is 0.907. The molecule has 0 aromatic carbocycles. The van der Waals surface area contributed by atoms with Gasteiger partial charge in [0.05, 0.1) is 5.69 Å². The predicted molar refractivity (Wildman–Crippen MR) is 69.6 cm³/mol. The van der Waals surface area contributed by atoms with Gasteiger partial charge in [0.15, 0.2) is 0 Å². The van der Waals surface area contributed by atoms with Crippen LogP contribution < -0.4 is 5.32 Å². The third kappa shape index (κ3) is 2.46. The molecule has 0 aliphatic rings. The summed E-state index contributed by atoms with van der Waals surface area (Å²) in [7, 11) is 0. The van der Waals surface area contributed by atoms with Gasteiger partial charge in [-0.15, -0.1) is 0 Å². The van der Waals surface area contributed by atoms with Crippen molar-refractivity contribution < 1.29 is 0 Å². The molecule has 4 nitrogen and oxygen atoms in total. The smallest absolute Gasteiger partial charge is 0.140 e. The second-order valence-electron chi connectivity index (χ2n) is 4.09. The average Bonchev–Trinajstić information content (AvgIpc) is 2.68. The first-order valence-corrected chi connectivity index (χ1v) is 5.94. The highest BCUT2D eigenvalue weighted by atomic mass is 15.1. The summed E-state index contributed by atoms with van der Waals surface area (Å²) in [6.45, 7) is 7.14. The minimum absolute atomic E-state index is 0.907. The number of pyridine rings is 1. The van der Waals surface area contributed by atoms with Gasteiger partial charge in [-0.2, -0.15) is 0 Å². The van der Waals surface area contributed by atoms with Gasteiger partial charge in [0, 0.05) is 12.2 Å². The van der Waals surface area contributed by atoms with E-state index in [1.54, 1.807) is 0 Å². The third-order valence-corrected chi connectivity index (χ3v) is 2.79. The molecule has 0 saturated heterocycles. The van der Waals surface area contributed by atoms with Gasteiger partial charge in [-0.1, -0.05) is 13.0 Å². The highest BCUT2D eigenvalue weighted by molar-refractivity contribution is 5.40. The van der Waals surface area contributed by atoms with Gasteiger partial charge in [-0.3, -0.25) is 4.57 Å². The van der Waals surface area contributed by atoms with E-state index < -0.39 is 0 Å². The van der Waals surface area contributed by atoms with Crippen LogP contribution in [-0.4, -0.2) is 21.1 Å². The van der Waals surface area contributed by atoms with Crippen molar-refractivity contribution >= 4 is 5.82 Å². The second kappa shape index (κ2) is 4.99. The van der Waals surface area contributed by atoms with Crippen LogP contribution >= 0.6 is 0 Å².